The first-order valence-electron chi connectivity index (χ1n) is 6.06. The molecule has 1 aromatic rings. The molecule has 2 atom stereocenters. The van der Waals surface area contributed by atoms with E-state index in [-0.39, 0.29) is 13.0 Å². The molecule has 1 aliphatic rings. The van der Waals surface area contributed by atoms with E-state index in [1.807, 2.05) is 0 Å². The summed E-state index contributed by atoms with van der Waals surface area (Å²) in [5, 5.41) is 21.1. The molecule has 1 aromatic carbocycles. The topological polar surface area (TPSA) is 89.9 Å². The van der Waals surface area contributed by atoms with Gasteiger partial charge in [-0.05, 0) is 18.2 Å². The van der Waals surface area contributed by atoms with Gasteiger partial charge >= 0.3 is 12.0 Å². The zero-order valence-corrected chi connectivity index (χ0v) is 10.6. The van der Waals surface area contributed by atoms with Crippen LogP contribution in [0.3, 0.4) is 0 Å². The standard InChI is InChI=1S/C14H14N2O4/c1-2-9-4-3-5-10(6-9)15-14(20)16-8-11(17)7-12(16)13(18)19/h1,3-6,11-12,17H,7-8H2,(H,15,20)(H,18,19). The number of hydrogen-bond acceptors (Lipinski definition) is 3. The predicted octanol–water partition coefficient (Wildman–Crippen LogP) is 0.720. The molecular formula is C14H14N2O4. The number of terminal acetylenes is 1. The van der Waals surface area contributed by atoms with Gasteiger partial charge < -0.3 is 20.4 Å². The van der Waals surface area contributed by atoms with Gasteiger partial charge in [0, 0.05) is 24.2 Å². The highest BCUT2D eigenvalue weighted by molar-refractivity contribution is 5.93. The number of aliphatic carboxylic acids is 1. The van der Waals surface area contributed by atoms with Gasteiger partial charge in [-0.2, -0.15) is 0 Å². The molecule has 2 rings (SSSR count). The highest BCUT2D eigenvalue weighted by Gasteiger charge is 2.38. The van der Waals surface area contributed by atoms with Crippen LogP contribution in [0.25, 0.3) is 0 Å². The molecule has 6 nitrogen and oxygen atoms in total. The molecule has 1 saturated heterocycles. The van der Waals surface area contributed by atoms with Crippen molar-refractivity contribution in [1.82, 2.24) is 4.90 Å². The van der Waals surface area contributed by atoms with E-state index in [0.717, 1.165) is 4.90 Å². The number of aliphatic hydroxyl groups is 1. The Balaban J connectivity index is 2.11. The van der Waals surface area contributed by atoms with Gasteiger partial charge in [0.2, 0.25) is 0 Å². The third-order valence-electron chi connectivity index (χ3n) is 3.11. The van der Waals surface area contributed by atoms with E-state index in [1.54, 1.807) is 24.3 Å². The quantitative estimate of drug-likeness (QED) is 0.693. The fourth-order valence-electron chi connectivity index (χ4n) is 2.15. The summed E-state index contributed by atoms with van der Waals surface area (Å²) in [6, 6.07) is 5.10. The van der Waals surface area contributed by atoms with Crippen LogP contribution in [0.1, 0.15) is 12.0 Å². The van der Waals surface area contributed by atoms with Crippen molar-refractivity contribution in [3.05, 3.63) is 29.8 Å². The minimum Gasteiger partial charge on any atom is -0.480 e. The molecular weight excluding hydrogens is 260 g/mol. The van der Waals surface area contributed by atoms with Gasteiger partial charge in [0.15, 0.2) is 0 Å². The number of benzene rings is 1. The number of rotatable bonds is 2. The average molecular weight is 274 g/mol. The lowest BCUT2D eigenvalue weighted by Crippen LogP contribution is -2.43. The lowest BCUT2D eigenvalue weighted by Gasteiger charge is -2.21. The van der Waals surface area contributed by atoms with Gasteiger partial charge in [0.1, 0.15) is 6.04 Å². The van der Waals surface area contributed by atoms with Crippen LogP contribution in [0.4, 0.5) is 10.5 Å². The second-order valence-electron chi connectivity index (χ2n) is 4.55. The maximum absolute atomic E-state index is 12.1. The summed E-state index contributed by atoms with van der Waals surface area (Å²) < 4.78 is 0. The predicted molar refractivity (Wildman–Crippen MR) is 72.1 cm³/mol. The summed E-state index contributed by atoms with van der Waals surface area (Å²) in [5.74, 6) is 1.31. The number of anilines is 1. The molecule has 104 valence electrons. The van der Waals surface area contributed by atoms with E-state index in [1.165, 1.54) is 0 Å². The zero-order valence-electron chi connectivity index (χ0n) is 10.6. The molecule has 2 amide bonds. The molecule has 2 unspecified atom stereocenters. The molecule has 20 heavy (non-hydrogen) atoms. The summed E-state index contributed by atoms with van der Waals surface area (Å²) in [6.45, 7) is -0.00235. The Hall–Kier alpha value is -2.52. The van der Waals surface area contributed by atoms with Crippen molar-refractivity contribution in [3.8, 4) is 12.3 Å². The fourth-order valence-corrected chi connectivity index (χ4v) is 2.15. The smallest absolute Gasteiger partial charge is 0.326 e. The van der Waals surface area contributed by atoms with E-state index < -0.39 is 24.1 Å². The van der Waals surface area contributed by atoms with Crippen molar-refractivity contribution in [2.75, 3.05) is 11.9 Å². The Morgan fingerprint density at radius 1 is 1.45 bits per heavy atom. The Kier molecular flexibility index (Phi) is 3.91. The highest BCUT2D eigenvalue weighted by Crippen LogP contribution is 2.20. The summed E-state index contributed by atoms with van der Waals surface area (Å²) >= 11 is 0. The van der Waals surface area contributed by atoms with Crippen LogP contribution in [0.2, 0.25) is 0 Å². The van der Waals surface area contributed by atoms with E-state index >= 15 is 0 Å². The number of amides is 2. The Morgan fingerprint density at radius 3 is 2.85 bits per heavy atom. The number of carboxylic acid groups (broad SMARTS) is 1. The van der Waals surface area contributed by atoms with Crippen LogP contribution < -0.4 is 5.32 Å². The van der Waals surface area contributed by atoms with Gasteiger partial charge in [0.25, 0.3) is 0 Å². The first kappa shape index (κ1) is 13.9. The van der Waals surface area contributed by atoms with Crippen molar-refractivity contribution < 1.29 is 19.8 Å². The number of β-amino-alcohol motifs (C(OH)–C–C–N with tert-alkyl or cyclic N) is 1. The van der Waals surface area contributed by atoms with E-state index in [2.05, 4.69) is 11.2 Å². The zero-order chi connectivity index (χ0) is 14.7. The molecule has 0 aromatic heterocycles. The lowest BCUT2D eigenvalue weighted by molar-refractivity contribution is -0.141. The van der Waals surface area contributed by atoms with Crippen LogP contribution in [-0.4, -0.2) is 45.8 Å². The van der Waals surface area contributed by atoms with Gasteiger partial charge in [0.05, 0.1) is 6.10 Å². The molecule has 1 heterocycles. The molecule has 6 heteroatoms. The van der Waals surface area contributed by atoms with Gasteiger partial charge in [-0.15, -0.1) is 6.42 Å². The van der Waals surface area contributed by atoms with Crippen LogP contribution in [0, 0.1) is 12.3 Å². The molecule has 1 fully saturated rings. The number of nitrogens with one attached hydrogen (secondary N) is 1. The van der Waals surface area contributed by atoms with Crippen LogP contribution in [-0.2, 0) is 4.79 Å². The maximum Gasteiger partial charge on any atom is 0.326 e. The molecule has 0 aliphatic carbocycles. The Morgan fingerprint density at radius 2 is 2.20 bits per heavy atom. The number of hydrogen-bond donors (Lipinski definition) is 3. The van der Waals surface area contributed by atoms with Crippen molar-refractivity contribution in [1.29, 1.82) is 0 Å². The third-order valence-corrected chi connectivity index (χ3v) is 3.11. The average Bonchev–Trinajstić information content (AvgIpc) is 2.81. The second-order valence-corrected chi connectivity index (χ2v) is 4.55. The highest BCUT2D eigenvalue weighted by atomic mass is 16.4. The van der Waals surface area contributed by atoms with Crippen molar-refractivity contribution in [2.45, 2.75) is 18.6 Å². The van der Waals surface area contributed by atoms with Crippen molar-refractivity contribution >= 4 is 17.7 Å². The minimum absolute atomic E-state index is 0.00235. The first-order valence-corrected chi connectivity index (χ1v) is 6.06. The third kappa shape index (κ3) is 2.90. The van der Waals surface area contributed by atoms with E-state index in [4.69, 9.17) is 11.5 Å². The summed E-state index contributed by atoms with van der Waals surface area (Å²) in [6.07, 6.45) is 4.48. The summed E-state index contributed by atoms with van der Waals surface area (Å²) in [5.41, 5.74) is 1.09. The molecule has 3 N–H and O–H groups in total. The first-order chi connectivity index (χ1) is 9.51. The number of carbonyl (C=O) groups excluding carboxylic acids is 1. The van der Waals surface area contributed by atoms with Crippen LogP contribution in [0.5, 0.6) is 0 Å². The fraction of sp³-hybridized carbons (Fsp3) is 0.286. The number of likely N-dealkylation sites (tertiary alicyclic amines) is 1. The number of aliphatic hydroxyl groups excluding tert-OH is 1. The van der Waals surface area contributed by atoms with Crippen LogP contribution >= 0.6 is 0 Å². The SMILES string of the molecule is C#Cc1cccc(NC(=O)N2CC(O)CC2C(=O)O)c1. The largest absolute Gasteiger partial charge is 0.480 e. The Labute approximate surface area is 116 Å². The summed E-state index contributed by atoms with van der Waals surface area (Å²) in [7, 11) is 0. The number of urea groups is 1. The molecule has 0 radical (unpaired) electrons. The molecule has 0 bridgehead atoms. The van der Waals surface area contributed by atoms with E-state index in [9.17, 15) is 14.7 Å². The van der Waals surface area contributed by atoms with Crippen LogP contribution in [0.15, 0.2) is 24.3 Å². The monoisotopic (exact) mass is 274 g/mol. The molecule has 1 aliphatic heterocycles. The van der Waals surface area contributed by atoms with Gasteiger partial charge in [-0.1, -0.05) is 12.0 Å². The van der Waals surface area contributed by atoms with Crippen molar-refractivity contribution in [3.63, 3.8) is 0 Å². The van der Waals surface area contributed by atoms with Crippen molar-refractivity contribution in [2.24, 2.45) is 0 Å². The minimum atomic E-state index is -1.13. The Bertz CT molecular complexity index is 579. The second kappa shape index (κ2) is 5.63. The molecule has 0 saturated carbocycles. The maximum atomic E-state index is 12.1. The lowest BCUT2D eigenvalue weighted by atomic mass is 10.2. The number of carbonyl (C=O) groups is 2. The van der Waals surface area contributed by atoms with Gasteiger partial charge in [-0.25, -0.2) is 9.59 Å². The molecule has 0 spiro atoms. The summed E-state index contributed by atoms with van der Waals surface area (Å²) in [4.78, 5) is 24.2. The van der Waals surface area contributed by atoms with Gasteiger partial charge in [-0.3, -0.25) is 0 Å². The normalized spacial score (nSPS) is 21.3. The number of carboxylic acids is 1. The number of nitrogens with zero attached hydrogens (tertiary/aromatic N) is 1. The van der Waals surface area contributed by atoms with E-state index in [0.29, 0.717) is 11.3 Å².